The number of hydrazine groups is 1. The molecule has 3 N–H and O–H groups in total. The van der Waals surface area contributed by atoms with Crippen LogP contribution < -0.4 is 11.3 Å². The lowest BCUT2D eigenvalue weighted by Crippen LogP contribution is -2.49. The first kappa shape index (κ1) is 14.1. The molecule has 1 aromatic carbocycles. The number of hydrogen-bond donors (Lipinski definition) is 2. The number of rotatable bonds is 4. The minimum absolute atomic E-state index is 0.412. The molecule has 1 aromatic rings. The normalized spacial score (nSPS) is 31.4. The summed E-state index contributed by atoms with van der Waals surface area (Å²) in [6.07, 6.45) is 6.39. The van der Waals surface area contributed by atoms with Crippen molar-refractivity contribution in [2.75, 3.05) is 7.05 Å². The summed E-state index contributed by atoms with van der Waals surface area (Å²) in [5.41, 5.74) is 5.82. The van der Waals surface area contributed by atoms with Crippen LogP contribution in [0.1, 0.15) is 36.8 Å². The van der Waals surface area contributed by atoms with Crippen LogP contribution in [0, 0.1) is 12.8 Å². The van der Waals surface area contributed by atoms with Gasteiger partial charge in [0.2, 0.25) is 0 Å². The summed E-state index contributed by atoms with van der Waals surface area (Å²) in [6.45, 7) is 2.14. The molecule has 0 saturated carbocycles. The molecule has 0 radical (unpaired) electrons. The first-order valence-electron chi connectivity index (χ1n) is 7.91. The van der Waals surface area contributed by atoms with Gasteiger partial charge in [0.05, 0.1) is 0 Å². The van der Waals surface area contributed by atoms with E-state index in [1.807, 2.05) is 0 Å². The van der Waals surface area contributed by atoms with Crippen molar-refractivity contribution in [3.05, 3.63) is 35.4 Å². The molecule has 3 atom stereocenters. The first-order chi connectivity index (χ1) is 9.67. The zero-order valence-corrected chi connectivity index (χ0v) is 12.7. The lowest BCUT2D eigenvalue weighted by molar-refractivity contribution is 0.112. The summed E-state index contributed by atoms with van der Waals surface area (Å²) >= 11 is 0. The SMILES string of the molecule is Cc1ccc(CC(NN)C2CC3CCC(C2)N3C)cc1. The average Bonchev–Trinajstić information content (AvgIpc) is 2.67. The van der Waals surface area contributed by atoms with Gasteiger partial charge in [-0.05, 0) is 57.6 Å². The minimum Gasteiger partial charge on any atom is -0.300 e. The predicted molar refractivity (Wildman–Crippen MR) is 83.3 cm³/mol. The van der Waals surface area contributed by atoms with Crippen LogP contribution >= 0.6 is 0 Å². The van der Waals surface area contributed by atoms with Crippen molar-refractivity contribution >= 4 is 0 Å². The zero-order valence-electron chi connectivity index (χ0n) is 12.7. The van der Waals surface area contributed by atoms with Gasteiger partial charge < -0.3 is 4.90 Å². The van der Waals surface area contributed by atoms with Gasteiger partial charge in [0.15, 0.2) is 0 Å². The Morgan fingerprint density at radius 3 is 2.35 bits per heavy atom. The van der Waals surface area contributed by atoms with E-state index in [0.29, 0.717) is 6.04 Å². The largest absolute Gasteiger partial charge is 0.300 e. The average molecular weight is 273 g/mol. The van der Waals surface area contributed by atoms with Gasteiger partial charge in [0.1, 0.15) is 0 Å². The molecule has 0 amide bonds. The van der Waals surface area contributed by atoms with Gasteiger partial charge in [-0.3, -0.25) is 11.3 Å². The van der Waals surface area contributed by atoms with E-state index in [4.69, 9.17) is 5.84 Å². The molecule has 2 heterocycles. The van der Waals surface area contributed by atoms with Crippen LogP contribution in [-0.4, -0.2) is 30.1 Å². The van der Waals surface area contributed by atoms with Crippen LogP contribution in [0.15, 0.2) is 24.3 Å². The Kier molecular flexibility index (Phi) is 4.11. The van der Waals surface area contributed by atoms with E-state index in [2.05, 4.69) is 48.6 Å². The quantitative estimate of drug-likeness (QED) is 0.653. The molecule has 2 aliphatic heterocycles. The summed E-state index contributed by atoms with van der Waals surface area (Å²) < 4.78 is 0. The third-order valence-electron chi connectivity index (χ3n) is 5.49. The van der Waals surface area contributed by atoms with Crippen molar-refractivity contribution in [1.82, 2.24) is 10.3 Å². The van der Waals surface area contributed by atoms with Gasteiger partial charge in [-0.2, -0.15) is 0 Å². The molecular formula is C17H27N3. The van der Waals surface area contributed by atoms with E-state index in [-0.39, 0.29) is 0 Å². The standard InChI is InChI=1S/C17H27N3/c1-12-3-5-13(6-4-12)9-17(19-18)14-10-15-7-8-16(11-14)20(15)2/h3-6,14-17,19H,7-11,18H2,1-2H3. The maximum atomic E-state index is 5.86. The van der Waals surface area contributed by atoms with Gasteiger partial charge in [-0.15, -0.1) is 0 Å². The fourth-order valence-electron chi connectivity index (χ4n) is 4.12. The van der Waals surface area contributed by atoms with Crippen LogP contribution in [0.4, 0.5) is 0 Å². The van der Waals surface area contributed by atoms with Crippen molar-refractivity contribution in [1.29, 1.82) is 0 Å². The molecule has 2 bridgehead atoms. The van der Waals surface area contributed by atoms with Crippen molar-refractivity contribution in [3.63, 3.8) is 0 Å². The lowest BCUT2D eigenvalue weighted by Gasteiger charge is -2.39. The topological polar surface area (TPSA) is 41.3 Å². The van der Waals surface area contributed by atoms with Crippen molar-refractivity contribution in [2.45, 2.75) is 57.2 Å². The van der Waals surface area contributed by atoms with Crippen molar-refractivity contribution < 1.29 is 0 Å². The van der Waals surface area contributed by atoms with E-state index in [1.54, 1.807) is 0 Å². The molecular weight excluding hydrogens is 246 g/mol. The van der Waals surface area contributed by atoms with Crippen LogP contribution in [0.25, 0.3) is 0 Å². The highest BCUT2D eigenvalue weighted by molar-refractivity contribution is 5.22. The summed E-state index contributed by atoms with van der Waals surface area (Å²) in [5, 5.41) is 0. The highest BCUT2D eigenvalue weighted by Gasteiger charge is 2.40. The fraction of sp³-hybridized carbons (Fsp3) is 0.647. The van der Waals surface area contributed by atoms with Gasteiger partial charge in [0, 0.05) is 18.1 Å². The second-order valence-electron chi connectivity index (χ2n) is 6.74. The van der Waals surface area contributed by atoms with E-state index < -0.39 is 0 Å². The number of nitrogens with zero attached hydrogens (tertiary/aromatic N) is 1. The Hall–Kier alpha value is -0.900. The van der Waals surface area contributed by atoms with Gasteiger partial charge in [-0.25, -0.2) is 0 Å². The predicted octanol–water partition coefficient (Wildman–Crippen LogP) is 2.24. The maximum Gasteiger partial charge on any atom is 0.0280 e. The van der Waals surface area contributed by atoms with E-state index >= 15 is 0 Å². The van der Waals surface area contributed by atoms with Crippen LogP contribution in [-0.2, 0) is 6.42 Å². The summed E-state index contributed by atoms with van der Waals surface area (Å²) in [6, 6.07) is 10.9. The van der Waals surface area contributed by atoms with Gasteiger partial charge in [0.25, 0.3) is 0 Å². The Morgan fingerprint density at radius 2 is 1.80 bits per heavy atom. The van der Waals surface area contributed by atoms with Gasteiger partial charge in [-0.1, -0.05) is 29.8 Å². The molecule has 3 nitrogen and oxygen atoms in total. The second kappa shape index (κ2) is 5.84. The molecule has 2 aliphatic rings. The second-order valence-corrected chi connectivity index (χ2v) is 6.74. The highest BCUT2D eigenvalue weighted by Crippen LogP contribution is 2.39. The molecule has 3 rings (SSSR count). The Bertz CT molecular complexity index is 428. The highest BCUT2D eigenvalue weighted by atomic mass is 15.2. The number of aryl methyl sites for hydroxylation is 1. The van der Waals surface area contributed by atoms with Gasteiger partial charge >= 0.3 is 0 Å². The molecule has 2 saturated heterocycles. The Balaban J connectivity index is 1.66. The molecule has 2 fully saturated rings. The number of hydrogen-bond acceptors (Lipinski definition) is 3. The summed E-state index contributed by atoms with van der Waals surface area (Å²) in [4.78, 5) is 2.59. The van der Waals surface area contributed by atoms with E-state index in [9.17, 15) is 0 Å². The summed E-state index contributed by atoms with van der Waals surface area (Å²) in [5.74, 6) is 6.58. The molecule has 0 aliphatic carbocycles. The third kappa shape index (κ3) is 2.76. The Morgan fingerprint density at radius 1 is 1.20 bits per heavy atom. The fourth-order valence-corrected chi connectivity index (χ4v) is 4.12. The van der Waals surface area contributed by atoms with Crippen LogP contribution in [0.3, 0.4) is 0 Å². The Labute approximate surface area is 122 Å². The smallest absolute Gasteiger partial charge is 0.0280 e. The van der Waals surface area contributed by atoms with Crippen molar-refractivity contribution in [2.24, 2.45) is 11.8 Å². The first-order valence-corrected chi connectivity index (χ1v) is 7.91. The monoisotopic (exact) mass is 273 g/mol. The van der Waals surface area contributed by atoms with Crippen molar-refractivity contribution in [3.8, 4) is 0 Å². The number of nitrogens with one attached hydrogen (secondary N) is 1. The molecule has 0 aromatic heterocycles. The van der Waals surface area contributed by atoms with E-state index in [1.165, 1.54) is 36.8 Å². The minimum atomic E-state index is 0.412. The molecule has 20 heavy (non-hydrogen) atoms. The summed E-state index contributed by atoms with van der Waals surface area (Å²) in [7, 11) is 2.30. The molecule has 3 heteroatoms. The maximum absolute atomic E-state index is 5.86. The van der Waals surface area contributed by atoms with Crippen LogP contribution in [0.5, 0.6) is 0 Å². The third-order valence-corrected chi connectivity index (χ3v) is 5.49. The number of fused-ring (bicyclic) bond motifs is 2. The lowest BCUT2D eigenvalue weighted by atomic mass is 9.83. The van der Waals surface area contributed by atoms with Crippen LogP contribution in [0.2, 0.25) is 0 Å². The zero-order chi connectivity index (χ0) is 14.1. The molecule has 3 unspecified atom stereocenters. The molecule has 110 valence electrons. The number of piperidine rings is 1. The van der Waals surface area contributed by atoms with E-state index in [0.717, 1.165) is 24.4 Å². The number of nitrogens with two attached hydrogens (primary N) is 1. The number of benzene rings is 1. The molecule has 0 spiro atoms.